The van der Waals surface area contributed by atoms with Crippen molar-refractivity contribution < 1.29 is 9.53 Å². The second-order valence-corrected chi connectivity index (χ2v) is 6.81. The molecule has 0 unspecified atom stereocenters. The van der Waals surface area contributed by atoms with E-state index < -0.39 is 0 Å². The van der Waals surface area contributed by atoms with E-state index in [1.165, 1.54) is 5.56 Å². The Morgan fingerprint density at radius 2 is 1.79 bits per heavy atom. The highest BCUT2D eigenvalue weighted by molar-refractivity contribution is 9.10. The van der Waals surface area contributed by atoms with E-state index >= 15 is 0 Å². The lowest BCUT2D eigenvalue weighted by atomic mass is 10.1. The zero-order valence-corrected chi connectivity index (χ0v) is 15.1. The molecule has 1 aliphatic heterocycles. The van der Waals surface area contributed by atoms with Crippen LogP contribution < -0.4 is 5.32 Å². The summed E-state index contributed by atoms with van der Waals surface area (Å²) in [4.78, 5) is 14.6. The van der Waals surface area contributed by atoms with Gasteiger partial charge >= 0.3 is 0 Å². The van der Waals surface area contributed by atoms with Gasteiger partial charge in [-0.05, 0) is 35.4 Å². The van der Waals surface area contributed by atoms with Gasteiger partial charge in [-0.25, -0.2) is 0 Å². The molecule has 2 aromatic rings. The Morgan fingerprint density at radius 3 is 2.54 bits per heavy atom. The summed E-state index contributed by atoms with van der Waals surface area (Å²) < 4.78 is 6.35. The van der Waals surface area contributed by atoms with Crippen molar-refractivity contribution in [2.24, 2.45) is 0 Å². The first-order valence-electron chi connectivity index (χ1n) is 8.12. The van der Waals surface area contributed by atoms with E-state index in [-0.39, 0.29) is 5.91 Å². The first-order valence-corrected chi connectivity index (χ1v) is 8.92. The van der Waals surface area contributed by atoms with Crippen LogP contribution in [-0.4, -0.2) is 37.1 Å². The van der Waals surface area contributed by atoms with Gasteiger partial charge in [-0.2, -0.15) is 0 Å². The lowest BCUT2D eigenvalue weighted by Crippen LogP contribution is -2.35. The Balaban J connectivity index is 1.56. The highest BCUT2D eigenvalue weighted by atomic mass is 79.9. The van der Waals surface area contributed by atoms with Crippen molar-refractivity contribution in [2.75, 3.05) is 26.3 Å². The van der Waals surface area contributed by atoms with E-state index in [0.29, 0.717) is 12.1 Å². The van der Waals surface area contributed by atoms with Crippen molar-refractivity contribution in [2.45, 2.75) is 13.1 Å². The smallest absolute Gasteiger partial charge is 0.251 e. The van der Waals surface area contributed by atoms with E-state index in [4.69, 9.17) is 4.74 Å². The van der Waals surface area contributed by atoms with Crippen molar-refractivity contribution in [1.29, 1.82) is 0 Å². The fourth-order valence-corrected chi connectivity index (χ4v) is 3.01. The molecule has 1 amide bonds. The topological polar surface area (TPSA) is 41.6 Å². The number of nitrogens with zero attached hydrogens (tertiary/aromatic N) is 1. The zero-order valence-electron chi connectivity index (χ0n) is 13.5. The molecule has 1 fully saturated rings. The van der Waals surface area contributed by atoms with Gasteiger partial charge in [0.2, 0.25) is 0 Å². The van der Waals surface area contributed by atoms with Gasteiger partial charge in [-0.15, -0.1) is 0 Å². The lowest BCUT2D eigenvalue weighted by Gasteiger charge is -2.26. The minimum Gasteiger partial charge on any atom is -0.379 e. The molecule has 0 bridgehead atoms. The number of amides is 1. The number of rotatable bonds is 5. The molecular formula is C19H21BrN2O2. The normalized spacial score (nSPS) is 15.2. The minimum atomic E-state index is -0.0546. The maximum absolute atomic E-state index is 12.2. The Hall–Kier alpha value is -1.69. The monoisotopic (exact) mass is 388 g/mol. The molecule has 1 saturated heterocycles. The van der Waals surface area contributed by atoms with Gasteiger partial charge in [0.25, 0.3) is 5.91 Å². The molecule has 0 radical (unpaired) electrons. The molecule has 5 heteroatoms. The quantitative estimate of drug-likeness (QED) is 0.854. The molecule has 1 heterocycles. The molecule has 0 aliphatic carbocycles. The average Bonchev–Trinajstić information content (AvgIpc) is 2.61. The van der Waals surface area contributed by atoms with Crippen LogP contribution in [0.5, 0.6) is 0 Å². The number of carbonyl (C=O) groups is 1. The molecule has 24 heavy (non-hydrogen) atoms. The summed E-state index contributed by atoms with van der Waals surface area (Å²) in [5.74, 6) is -0.0546. The number of carbonyl (C=O) groups excluding carboxylic acids is 1. The highest BCUT2D eigenvalue weighted by Crippen LogP contribution is 2.12. The number of morpholine rings is 1. The van der Waals surface area contributed by atoms with Gasteiger partial charge in [0, 0.05) is 36.2 Å². The number of halogens is 1. The van der Waals surface area contributed by atoms with Crippen LogP contribution in [0.2, 0.25) is 0 Å². The van der Waals surface area contributed by atoms with Crippen molar-refractivity contribution in [3.8, 4) is 0 Å². The van der Waals surface area contributed by atoms with Gasteiger partial charge < -0.3 is 10.1 Å². The van der Waals surface area contributed by atoms with Crippen LogP contribution in [-0.2, 0) is 17.8 Å². The fourth-order valence-electron chi connectivity index (χ4n) is 2.74. The summed E-state index contributed by atoms with van der Waals surface area (Å²) in [6, 6.07) is 15.8. The largest absolute Gasteiger partial charge is 0.379 e. The maximum atomic E-state index is 12.2. The number of ether oxygens (including phenoxy) is 1. The van der Waals surface area contributed by atoms with E-state index in [1.54, 1.807) is 0 Å². The average molecular weight is 389 g/mol. The standard InChI is InChI=1S/C19H21BrN2O2/c20-18-6-4-17(5-7-18)19(23)21-13-15-2-1-3-16(12-15)14-22-8-10-24-11-9-22/h1-7,12H,8-11,13-14H2,(H,21,23). The summed E-state index contributed by atoms with van der Waals surface area (Å²) in [5, 5.41) is 2.98. The molecule has 4 nitrogen and oxygen atoms in total. The van der Waals surface area contributed by atoms with E-state index in [0.717, 1.165) is 42.9 Å². The summed E-state index contributed by atoms with van der Waals surface area (Å²) in [6.07, 6.45) is 0. The van der Waals surface area contributed by atoms with Gasteiger partial charge in [-0.1, -0.05) is 40.2 Å². The summed E-state index contributed by atoms with van der Waals surface area (Å²) in [7, 11) is 0. The molecule has 3 rings (SSSR count). The minimum absolute atomic E-state index is 0.0546. The second kappa shape index (κ2) is 8.42. The van der Waals surface area contributed by atoms with E-state index in [1.807, 2.05) is 30.3 Å². The zero-order chi connectivity index (χ0) is 16.8. The molecule has 0 aromatic heterocycles. The third kappa shape index (κ3) is 4.90. The van der Waals surface area contributed by atoms with E-state index in [9.17, 15) is 4.79 Å². The Kier molecular flexibility index (Phi) is 6.01. The first kappa shape index (κ1) is 17.1. The predicted molar refractivity (Wildman–Crippen MR) is 97.9 cm³/mol. The Labute approximate surface area is 150 Å². The SMILES string of the molecule is O=C(NCc1cccc(CN2CCOCC2)c1)c1ccc(Br)cc1. The van der Waals surface area contributed by atoms with Crippen molar-refractivity contribution in [3.63, 3.8) is 0 Å². The van der Waals surface area contributed by atoms with Gasteiger partial charge in [-0.3, -0.25) is 9.69 Å². The summed E-state index contributed by atoms with van der Waals surface area (Å²) in [6.45, 7) is 5.03. The van der Waals surface area contributed by atoms with Gasteiger partial charge in [0.05, 0.1) is 13.2 Å². The van der Waals surface area contributed by atoms with Gasteiger partial charge in [0.15, 0.2) is 0 Å². The van der Waals surface area contributed by atoms with Crippen molar-refractivity contribution in [3.05, 3.63) is 69.7 Å². The summed E-state index contributed by atoms with van der Waals surface area (Å²) >= 11 is 3.38. The van der Waals surface area contributed by atoms with Crippen LogP contribution in [0.1, 0.15) is 21.5 Å². The first-order chi connectivity index (χ1) is 11.7. The highest BCUT2D eigenvalue weighted by Gasteiger charge is 2.11. The van der Waals surface area contributed by atoms with Crippen LogP contribution in [0.25, 0.3) is 0 Å². The molecule has 1 N–H and O–H groups in total. The molecule has 0 atom stereocenters. The second-order valence-electron chi connectivity index (χ2n) is 5.90. The summed E-state index contributed by atoms with van der Waals surface area (Å²) in [5.41, 5.74) is 3.06. The number of nitrogens with one attached hydrogen (secondary N) is 1. The molecule has 126 valence electrons. The molecule has 2 aromatic carbocycles. The molecule has 0 spiro atoms. The maximum Gasteiger partial charge on any atom is 0.251 e. The third-order valence-electron chi connectivity index (χ3n) is 4.06. The molecular weight excluding hydrogens is 368 g/mol. The van der Waals surface area contributed by atoms with Crippen LogP contribution in [0.4, 0.5) is 0 Å². The fraction of sp³-hybridized carbons (Fsp3) is 0.316. The van der Waals surface area contributed by atoms with Gasteiger partial charge in [0.1, 0.15) is 0 Å². The molecule has 1 aliphatic rings. The van der Waals surface area contributed by atoms with Crippen LogP contribution in [0, 0.1) is 0 Å². The van der Waals surface area contributed by atoms with Crippen LogP contribution >= 0.6 is 15.9 Å². The van der Waals surface area contributed by atoms with E-state index in [2.05, 4.69) is 44.3 Å². The predicted octanol–water partition coefficient (Wildman–Crippen LogP) is 3.21. The van der Waals surface area contributed by atoms with Crippen LogP contribution in [0.3, 0.4) is 0 Å². The Bertz CT molecular complexity index is 682. The molecule has 0 saturated carbocycles. The Morgan fingerprint density at radius 1 is 1.08 bits per heavy atom. The van der Waals surface area contributed by atoms with Crippen molar-refractivity contribution >= 4 is 21.8 Å². The number of benzene rings is 2. The van der Waals surface area contributed by atoms with Crippen LogP contribution in [0.15, 0.2) is 53.0 Å². The third-order valence-corrected chi connectivity index (χ3v) is 4.59. The van der Waals surface area contributed by atoms with Crippen molar-refractivity contribution in [1.82, 2.24) is 10.2 Å². The number of hydrogen-bond acceptors (Lipinski definition) is 3. The number of hydrogen-bond donors (Lipinski definition) is 1. The lowest BCUT2D eigenvalue weighted by molar-refractivity contribution is 0.0342.